The molecule has 1 aliphatic heterocycles. The summed E-state index contributed by atoms with van der Waals surface area (Å²) >= 11 is 0. The van der Waals surface area contributed by atoms with Crippen LogP contribution in [0.15, 0.2) is 18.2 Å². The van der Waals surface area contributed by atoms with Crippen molar-refractivity contribution < 1.29 is 24.5 Å². The molecule has 0 atom stereocenters. The molecule has 1 aliphatic rings. The van der Waals surface area contributed by atoms with E-state index in [1.165, 1.54) is 0 Å². The number of carboxylic acid groups (broad SMARTS) is 1. The second-order valence-corrected chi connectivity index (χ2v) is 4.31. The van der Waals surface area contributed by atoms with E-state index in [1.54, 1.807) is 11.9 Å². The molecule has 1 heterocycles. The Balaban J connectivity index is 0.000000277. The van der Waals surface area contributed by atoms with Gasteiger partial charge in [0.05, 0.1) is 28.0 Å². The summed E-state index contributed by atoms with van der Waals surface area (Å²) in [6.07, 6.45) is 0. The molecule has 0 radical (unpaired) electrons. The number of hydrogen-bond donors (Lipinski definition) is 3. The number of likely N-dealkylation sites (N-methyl/N-ethyl adjacent to an activating group) is 1. The number of guanidine groups is 1. The monoisotopic (exact) mass is 325 g/mol. The minimum Gasteiger partial charge on any atom is -0.478 e. The van der Waals surface area contributed by atoms with Crippen molar-refractivity contribution in [2.24, 2.45) is 0 Å². The molecular formula is C11H11N5O7. The molecule has 2 rings (SSSR count). The van der Waals surface area contributed by atoms with Crippen molar-refractivity contribution in [3.8, 4) is 0 Å². The van der Waals surface area contributed by atoms with E-state index in [0.29, 0.717) is 12.6 Å². The maximum absolute atomic E-state index is 10.5. The number of carbonyl (C=O) groups excluding carboxylic acids is 1. The molecule has 3 N–H and O–H groups in total. The van der Waals surface area contributed by atoms with E-state index in [4.69, 9.17) is 10.5 Å². The smallest absolute Gasteiger partial charge is 0.336 e. The Kier molecular flexibility index (Phi) is 5.27. The minimum atomic E-state index is -1.46. The summed E-state index contributed by atoms with van der Waals surface area (Å²) in [5, 5.41) is 38.5. The Bertz CT molecular complexity index is 623. The summed E-state index contributed by atoms with van der Waals surface area (Å²) in [5.74, 6) is -1.37. The number of benzene rings is 1. The van der Waals surface area contributed by atoms with E-state index in [-0.39, 0.29) is 11.9 Å². The predicted molar refractivity (Wildman–Crippen MR) is 75.2 cm³/mol. The number of rotatable bonds is 3. The minimum absolute atomic E-state index is 0.0995. The summed E-state index contributed by atoms with van der Waals surface area (Å²) in [7, 11) is 1.69. The highest BCUT2D eigenvalue weighted by molar-refractivity contribution is 6.02. The summed E-state index contributed by atoms with van der Waals surface area (Å²) < 4.78 is 0. The summed E-state index contributed by atoms with van der Waals surface area (Å²) in [4.78, 5) is 41.3. The van der Waals surface area contributed by atoms with Gasteiger partial charge in [0, 0.05) is 19.2 Å². The fourth-order valence-corrected chi connectivity index (χ4v) is 1.49. The number of nitrogens with zero attached hydrogens (tertiary/aromatic N) is 3. The molecule has 12 heteroatoms. The molecule has 1 aromatic carbocycles. The molecule has 0 aliphatic carbocycles. The predicted octanol–water partition coefficient (Wildman–Crippen LogP) is 0.184. The lowest BCUT2D eigenvalue weighted by molar-refractivity contribution is -0.394. The van der Waals surface area contributed by atoms with Crippen molar-refractivity contribution in [2.45, 2.75) is 0 Å². The first-order chi connectivity index (χ1) is 10.6. The van der Waals surface area contributed by atoms with Crippen LogP contribution in [-0.2, 0) is 4.79 Å². The number of non-ortho nitro benzene ring substituents is 2. The van der Waals surface area contributed by atoms with E-state index in [9.17, 15) is 29.8 Å². The number of hydrogen-bond acceptors (Lipinski definition) is 7. The maximum Gasteiger partial charge on any atom is 0.336 e. The van der Waals surface area contributed by atoms with Crippen LogP contribution >= 0.6 is 0 Å². The van der Waals surface area contributed by atoms with E-state index >= 15 is 0 Å². The van der Waals surface area contributed by atoms with Crippen LogP contribution in [0.4, 0.5) is 11.4 Å². The van der Waals surface area contributed by atoms with E-state index in [2.05, 4.69) is 5.32 Å². The highest BCUT2D eigenvalue weighted by atomic mass is 16.6. The van der Waals surface area contributed by atoms with Gasteiger partial charge in [-0.05, 0) is 0 Å². The highest BCUT2D eigenvalue weighted by Crippen LogP contribution is 2.22. The molecule has 12 nitrogen and oxygen atoms in total. The Morgan fingerprint density at radius 1 is 1.26 bits per heavy atom. The number of aromatic carboxylic acids is 1. The molecule has 122 valence electrons. The number of carbonyl (C=O) groups is 2. The third-order valence-electron chi connectivity index (χ3n) is 2.59. The quantitative estimate of drug-likeness (QED) is 0.519. The normalized spacial score (nSPS) is 13.0. The zero-order valence-electron chi connectivity index (χ0n) is 11.7. The fraction of sp³-hybridized carbons (Fsp3) is 0.182. The zero-order valence-corrected chi connectivity index (χ0v) is 11.7. The first-order valence-corrected chi connectivity index (χ1v) is 5.88. The van der Waals surface area contributed by atoms with Crippen LogP contribution in [-0.4, -0.2) is 51.3 Å². The molecule has 1 aromatic rings. The highest BCUT2D eigenvalue weighted by Gasteiger charge is 2.19. The van der Waals surface area contributed by atoms with Gasteiger partial charge in [0.2, 0.25) is 5.91 Å². The second kappa shape index (κ2) is 6.93. The Hall–Kier alpha value is -3.57. The van der Waals surface area contributed by atoms with E-state index < -0.39 is 32.8 Å². The van der Waals surface area contributed by atoms with Crippen molar-refractivity contribution in [3.63, 3.8) is 0 Å². The van der Waals surface area contributed by atoms with E-state index in [0.717, 1.165) is 12.1 Å². The topological polar surface area (TPSA) is 180 Å². The first kappa shape index (κ1) is 17.5. The number of amides is 1. The number of carboxylic acids is 1. The summed E-state index contributed by atoms with van der Waals surface area (Å²) in [6, 6.07) is 2.22. The van der Waals surface area contributed by atoms with Crippen LogP contribution in [0.25, 0.3) is 0 Å². The average Bonchev–Trinajstić information content (AvgIpc) is 2.75. The van der Waals surface area contributed by atoms with Gasteiger partial charge < -0.3 is 10.0 Å². The van der Waals surface area contributed by atoms with E-state index in [1.807, 2.05) is 0 Å². The fourth-order valence-electron chi connectivity index (χ4n) is 1.49. The number of nitro benzene ring substituents is 2. The lowest BCUT2D eigenvalue weighted by atomic mass is 10.2. The van der Waals surface area contributed by atoms with Gasteiger partial charge in [0.25, 0.3) is 11.4 Å². The average molecular weight is 325 g/mol. The van der Waals surface area contributed by atoms with Crippen LogP contribution in [0, 0.1) is 25.6 Å². The van der Waals surface area contributed by atoms with Gasteiger partial charge in [0.15, 0.2) is 5.96 Å². The van der Waals surface area contributed by atoms with Crippen LogP contribution < -0.4 is 5.32 Å². The molecular weight excluding hydrogens is 314 g/mol. The molecule has 1 fully saturated rings. The SMILES string of the molecule is CN1CC(=O)NC1=N.O=C(O)c1cc([N+](=O)[O-])cc([N+](=O)[O-])c1. The summed E-state index contributed by atoms with van der Waals surface area (Å²) in [5.41, 5.74) is -1.74. The maximum atomic E-state index is 10.5. The van der Waals surface area contributed by atoms with Crippen LogP contribution in [0.5, 0.6) is 0 Å². The largest absolute Gasteiger partial charge is 0.478 e. The van der Waals surface area contributed by atoms with Gasteiger partial charge in [-0.3, -0.25) is 35.7 Å². The molecule has 0 spiro atoms. The molecule has 0 unspecified atom stereocenters. The molecule has 1 amide bonds. The Labute approximate surface area is 128 Å². The van der Waals surface area contributed by atoms with Gasteiger partial charge >= 0.3 is 5.97 Å². The lowest BCUT2D eigenvalue weighted by Crippen LogP contribution is -2.25. The van der Waals surface area contributed by atoms with Gasteiger partial charge in [-0.15, -0.1) is 0 Å². The van der Waals surface area contributed by atoms with Crippen LogP contribution in [0.3, 0.4) is 0 Å². The van der Waals surface area contributed by atoms with Gasteiger partial charge in [-0.2, -0.15) is 0 Å². The van der Waals surface area contributed by atoms with Crippen molar-refractivity contribution in [2.75, 3.05) is 13.6 Å². The van der Waals surface area contributed by atoms with Crippen molar-refractivity contribution in [1.29, 1.82) is 5.41 Å². The first-order valence-electron chi connectivity index (χ1n) is 5.88. The van der Waals surface area contributed by atoms with Crippen LogP contribution in [0.1, 0.15) is 10.4 Å². The van der Waals surface area contributed by atoms with Gasteiger partial charge in [0.1, 0.15) is 0 Å². The standard InChI is InChI=1S/C7H4N2O6.C4H7N3O/c10-7(11)4-1-5(8(12)13)3-6(2-4)9(14)15;1-7-2-3(8)6-4(7)5/h1-3H,(H,10,11);2H2,1H3,(H2,5,6,8). The Morgan fingerprint density at radius 2 is 1.74 bits per heavy atom. The molecule has 0 saturated carbocycles. The van der Waals surface area contributed by atoms with Crippen molar-refractivity contribution in [1.82, 2.24) is 10.2 Å². The van der Waals surface area contributed by atoms with Crippen LogP contribution in [0.2, 0.25) is 0 Å². The Morgan fingerprint density at radius 3 is 1.96 bits per heavy atom. The van der Waals surface area contributed by atoms with Gasteiger partial charge in [-0.1, -0.05) is 0 Å². The molecule has 23 heavy (non-hydrogen) atoms. The third-order valence-corrected chi connectivity index (χ3v) is 2.59. The lowest BCUT2D eigenvalue weighted by Gasteiger charge is -2.03. The number of nitrogens with one attached hydrogen (secondary N) is 2. The van der Waals surface area contributed by atoms with Crippen molar-refractivity contribution in [3.05, 3.63) is 44.0 Å². The number of nitro groups is 2. The molecule has 0 bridgehead atoms. The van der Waals surface area contributed by atoms with Crippen molar-refractivity contribution >= 4 is 29.2 Å². The zero-order chi connectivity index (χ0) is 17.7. The third kappa shape index (κ3) is 4.73. The second-order valence-electron chi connectivity index (χ2n) is 4.31. The molecule has 0 aromatic heterocycles. The van der Waals surface area contributed by atoms with Gasteiger partial charge in [-0.25, -0.2) is 4.79 Å². The molecule has 1 saturated heterocycles. The summed E-state index contributed by atoms with van der Waals surface area (Å²) in [6.45, 7) is 0.318.